The maximum Gasteiger partial charge on any atom is 0.229 e. The third kappa shape index (κ3) is 3.05. The van der Waals surface area contributed by atoms with Crippen molar-refractivity contribution in [2.24, 2.45) is 0 Å². The molecule has 4 rings (SSSR count). The van der Waals surface area contributed by atoms with Gasteiger partial charge in [-0.15, -0.1) is 0 Å². The van der Waals surface area contributed by atoms with E-state index in [4.69, 9.17) is 14.4 Å². The molecule has 3 aromatic rings. The smallest absolute Gasteiger partial charge is 0.229 e. The number of furan rings is 1. The zero-order valence-electron chi connectivity index (χ0n) is 15.8. The van der Waals surface area contributed by atoms with Gasteiger partial charge in [-0.05, 0) is 57.4 Å². The molecule has 26 heavy (non-hydrogen) atoms. The van der Waals surface area contributed by atoms with Crippen molar-refractivity contribution in [2.45, 2.75) is 40.7 Å². The van der Waals surface area contributed by atoms with Crippen LogP contribution < -0.4 is 10.2 Å². The first kappa shape index (κ1) is 16.6. The van der Waals surface area contributed by atoms with Crippen LogP contribution in [-0.4, -0.2) is 16.5 Å². The fourth-order valence-corrected chi connectivity index (χ4v) is 3.78. The van der Waals surface area contributed by atoms with Crippen LogP contribution in [0.15, 0.2) is 34.9 Å². The number of rotatable bonds is 4. The monoisotopic (exact) mass is 348 g/mol. The number of hydrogen-bond donors (Lipinski definition) is 1. The largest absolute Gasteiger partial charge is 0.467 e. The summed E-state index contributed by atoms with van der Waals surface area (Å²) in [5.41, 5.74) is 7.04. The van der Waals surface area contributed by atoms with Gasteiger partial charge >= 0.3 is 0 Å². The molecule has 5 heteroatoms. The third-order valence-corrected chi connectivity index (χ3v) is 4.96. The fraction of sp³-hybridized carbons (Fsp3) is 0.333. The normalized spacial score (nSPS) is 13.2. The summed E-state index contributed by atoms with van der Waals surface area (Å²) in [5.74, 6) is 2.62. The van der Waals surface area contributed by atoms with Crippen LogP contribution in [0.5, 0.6) is 0 Å². The molecule has 134 valence electrons. The Morgan fingerprint density at radius 2 is 1.88 bits per heavy atom. The quantitative estimate of drug-likeness (QED) is 0.746. The van der Waals surface area contributed by atoms with Gasteiger partial charge in [-0.3, -0.25) is 0 Å². The Morgan fingerprint density at radius 1 is 1.12 bits per heavy atom. The van der Waals surface area contributed by atoms with Crippen molar-refractivity contribution < 1.29 is 4.42 Å². The molecule has 0 saturated heterocycles. The minimum absolute atomic E-state index is 0.655. The van der Waals surface area contributed by atoms with E-state index in [2.05, 4.69) is 50.0 Å². The molecule has 0 unspecified atom stereocenters. The number of hydrogen-bond acceptors (Lipinski definition) is 5. The van der Waals surface area contributed by atoms with E-state index >= 15 is 0 Å². The molecule has 1 N–H and O–H groups in total. The van der Waals surface area contributed by atoms with Gasteiger partial charge in [0.05, 0.1) is 12.8 Å². The second-order valence-electron chi connectivity index (χ2n) is 7.08. The van der Waals surface area contributed by atoms with E-state index in [1.54, 1.807) is 6.26 Å². The second-order valence-corrected chi connectivity index (χ2v) is 7.08. The molecule has 0 fully saturated rings. The lowest BCUT2D eigenvalue weighted by Crippen LogP contribution is -2.20. The third-order valence-electron chi connectivity index (χ3n) is 4.96. The zero-order valence-corrected chi connectivity index (χ0v) is 15.8. The Kier molecular flexibility index (Phi) is 4.15. The van der Waals surface area contributed by atoms with Crippen LogP contribution in [0, 0.1) is 27.7 Å². The highest BCUT2D eigenvalue weighted by atomic mass is 16.3. The molecule has 0 atom stereocenters. The van der Waals surface area contributed by atoms with E-state index in [-0.39, 0.29) is 0 Å². The number of aryl methyl sites for hydroxylation is 4. The molecule has 0 bridgehead atoms. The SMILES string of the molecule is Cc1cc(C)c(Nc2nc(C)c3c(n2)N(Cc2ccco2)CC3)c(C)c1. The Morgan fingerprint density at radius 3 is 2.58 bits per heavy atom. The lowest BCUT2D eigenvalue weighted by atomic mass is 10.1. The molecule has 2 aromatic heterocycles. The fourth-order valence-electron chi connectivity index (χ4n) is 3.78. The van der Waals surface area contributed by atoms with Gasteiger partial charge in [-0.2, -0.15) is 4.98 Å². The van der Waals surface area contributed by atoms with E-state index < -0.39 is 0 Å². The van der Waals surface area contributed by atoms with Gasteiger partial charge in [0.1, 0.15) is 11.6 Å². The summed E-state index contributed by atoms with van der Waals surface area (Å²) in [7, 11) is 0. The first-order valence-electron chi connectivity index (χ1n) is 9.01. The molecule has 0 saturated carbocycles. The molecule has 0 aliphatic carbocycles. The lowest BCUT2D eigenvalue weighted by molar-refractivity contribution is 0.504. The number of benzene rings is 1. The highest BCUT2D eigenvalue weighted by Gasteiger charge is 2.25. The Balaban J connectivity index is 1.66. The summed E-state index contributed by atoms with van der Waals surface area (Å²) in [5, 5.41) is 3.45. The first-order valence-corrected chi connectivity index (χ1v) is 9.01. The van der Waals surface area contributed by atoms with Gasteiger partial charge in [-0.25, -0.2) is 4.98 Å². The Bertz CT molecular complexity index is 924. The highest BCUT2D eigenvalue weighted by molar-refractivity contribution is 5.66. The molecule has 3 heterocycles. The van der Waals surface area contributed by atoms with Gasteiger partial charge in [0.2, 0.25) is 5.95 Å². The summed E-state index contributed by atoms with van der Waals surface area (Å²) >= 11 is 0. The van der Waals surface area contributed by atoms with E-state index in [9.17, 15) is 0 Å². The van der Waals surface area contributed by atoms with Crippen molar-refractivity contribution in [3.63, 3.8) is 0 Å². The van der Waals surface area contributed by atoms with Crippen molar-refractivity contribution in [1.29, 1.82) is 0 Å². The first-order chi connectivity index (χ1) is 12.5. The summed E-state index contributed by atoms with van der Waals surface area (Å²) in [4.78, 5) is 11.8. The molecule has 1 aliphatic rings. The van der Waals surface area contributed by atoms with Crippen LogP contribution >= 0.6 is 0 Å². The summed E-state index contributed by atoms with van der Waals surface area (Å²) in [6, 6.07) is 8.29. The average molecular weight is 348 g/mol. The number of nitrogens with one attached hydrogen (secondary N) is 1. The van der Waals surface area contributed by atoms with E-state index in [0.29, 0.717) is 5.95 Å². The molecule has 5 nitrogen and oxygen atoms in total. The molecule has 0 spiro atoms. The molecule has 1 aliphatic heterocycles. The number of aromatic nitrogens is 2. The van der Waals surface area contributed by atoms with Gasteiger partial charge in [-0.1, -0.05) is 17.7 Å². The van der Waals surface area contributed by atoms with Crippen LogP contribution in [0.1, 0.15) is 33.7 Å². The van der Waals surface area contributed by atoms with Crippen molar-refractivity contribution in [3.8, 4) is 0 Å². The van der Waals surface area contributed by atoms with Crippen LogP contribution in [-0.2, 0) is 13.0 Å². The summed E-state index contributed by atoms with van der Waals surface area (Å²) in [6.45, 7) is 10.1. The van der Waals surface area contributed by atoms with Crippen LogP contribution in [0.4, 0.5) is 17.5 Å². The minimum atomic E-state index is 0.655. The molecular formula is C21H24N4O. The Hall–Kier alpha value is -2.82. The Labute approximate surface area is 154 Å². The van der Waals surface area contributed by atoms with Crippen LogP contribution in [0.3, 0.4) is 0 Å². The highest BCUT2D eigenvalue weighted by Crippen LogP contribution is 2.32. The second kappa shape index (κ2) is 6.48. The molecule has 0 amide bonds. The lowest BCUT2D eigenvalue weighted by Gasteiger charge is -2.19. The van der Waals surface area contributed by atoms with Crippen molar-refractivity contribution in [2.75, 3.05) is 16.8 Å². The van der Waals surface area contributed by atoms with Crippen molar-refractivity contribution in [3.05, 3.63) is 64.2 Å². The maximum absolute atomic E-state index is 5.51. The number of anilines is 3. The predicted octanol–water partition coefficient (Wildman–Crippen LogP) is 4.61. The van der Waals surface area contributed by atoms with E-state index in [1.807, 2.05) is 12.1 Å². The van der Waals surface area contributed by atoms with Gasteiger partial charge in [0.15, 0.2) is 0 Å². The predicted molar refractivity (Wildman–Crippen MR) is 104 cm³/mol. The van der Waals surface area contributed by atoms with Gasteiger partial charge < -0.3 is 14.6 Å². The van der Waals surface area contributed by atoms with Crippen molar-refractivity contribution in [1.82, 2.24) is 9.97 Å². The van der Waals surface area contributed by atoms with Crippen LogP contribution in [0.25, 0.3) is 0 Å². The molecule has 1 aromatic carbocycles. The minimum Gasteiger partial charge on any atom is -0.467 e. The standard InChI is InChI=1S/C21H24N4O/c1-13-10-14(2)19(15(3)11-13)23-21-22-16(4)18-7-8-25(20(18)24-21)12-17-6-5-9-26-17/h5-6,9-11H,7-8,12H2,1-4H3,(H,22,23,24). The van der Waals surface area contributed by atoms with Crippen molar-refractivity contribution >= 4 is 17.5 Å². The molecular weight excluding hydrogens is 324 g/mol. The maximum atomic E-state index is 5.51. The molecule has 0 radical (unpaired) electrons. The topological polar surface area (TPSA) is 54.2 Å². The summed E-state index contributed by atoms with van der Waals surface area (Å²) in [6.07, 6.45) is 2.69. The zero-order chi connectivity index (χ0) is 18.3. The average Bonchev–Trinajstić information content (AvgIpc) is 3.22. The number of fused-ring (bicyclic) bond motifs is 1. The summed E-state index contributed by atoms with van der Waals surface area (Å²) < 4.78 is 5.51. The van der Waals surface area contributed by atoms with Gasteiger partial charge in [0, 0.05) is 23.5 Å². The van der Waals surface area contributed by atoms with E-state index in [0.717, 1.165) is 42.5 Å². The van der Waals surface area contributed by atoms with Gasteiger partial charge in [0.25, 0.3) is 0 Å². The van der Waals surface area contributed by atoms with E-state index in [1.165, 1.54) is 22.3 Å². The number of nitrogens with zero attached hydrogens (tertiary/aromatic N) is 3. The van der Waals surface area contributed by atoms with Crippen LogP contribution in [0.2, 0.25) is 0 Å².